The van der Waals surface area contributed by atoms with Gasteiger partial charge >= 0.3 is 17.9 Å². The van der Waals surface area contributed by atoms with E-state index in [1.807, 2.05) is 0 Å². The van der Waals surface area contributed by atoms with E-state index in [-0.39, 0.29) is 31.1 Å². The van der Waals surface area contributed by atoms with Crippen molar-refractivity contribution in [3.05, 3.63) is 0 Å². The van der Waals surface area contributed by atoms with E-state index in [1.165, 1.54) is 167 Å². The molecule has 0 spiro atoms. The maximum Gasteiger partial charge on any atom is 0.306 e. The average Bonchev–Trinajstić information content (AvgIpc) is 3.19. The number of unbranched alkanes of at least 4 members (excludes halogenated alkanes) is 29. The first-order chi connectivity index (χ1) is 28.6. The molecule has 0 aliphatic rings. The van der Waals surface area contributed by atoms with Gasteiger partial charge in [-0.05, 0) is 37.0 Å². The van der Waals surface area contributed by atoms with Crippen LogP contribution >= 0.6 is 0 Å². The molecule has 1 atom stereocenters. The van der Waals surface area contributed by atoms with Crippen molar-refractivity contribution in [1.29, 1.82) is 0 Å². The van der Waals surface area contributed by atoms with Crippen molar-refractivity contribution >= 4 is 17.9 Å². The lowest BCUT2D eigenvalue weighted by atomic mass is 10.0. The zero-order valence-corrected chi connectivity index (χ0v) is 40.5. The van der Waals surface area contributed by atoms with Crippen LogP contribution < -0.4 is 0 Å². The maximum absolute atomic E-state index is 12.8. The summed E-state index contributed by atoms with van der Waals surface area (Å²) < 4.78 is 16.8. The summed E-state index contributed by atoms with van der Waals surface area (Å²) in [5.41, 5.74) is 0. The Morgan fingerprint density at radius 1 is 0.288 bits per heavy atom. The number of rotatable bonds is 46. The van der Waals surface area contributed by atoms with E-state index in [9.17, 15) is 14.4 Å². The fourth-order valence-electron chi connectivity index (χ4n) is 7.94. The third kappa shape index (κ3) is 47.3. The fraction of sp³-hybridized carbons (Fsp3) is 0.943. The molecule has 0 saturated heterocycles. The summed E-state index contributed by atoms with van der Waals surface area (Å²) in [6, 6.07) is 0. The molecular weight excluding hydrogens is 733 g/mol. The quantitative estimate of drug-likeness (QED) is 0.0345. The second-order valence-electron chi connectivity index (χ2n) is 19.6. The third-order valence-electron chi connectivity index (χ3n) is 11.9. The lowest BCUT2D eigenvalue weighted by Gasteiger charge is -2.18. The van der Waals surface area contributed by atoms with Gasteiger partial charge in [0.15, 0.2) is 6.10 Å². The number of esters is 3. The van der Waals surface area contributed by atoms with Gasteiger partial charge in [0.25, 0.3) is 0 Å². The SMILES string of the molecule is CC(C)CCCCCCCCCCCCCCCCC(=O)OC[C@@H](COC(=O)CCCCCCCCC(C)C)OC(=O)CCCCCCCCCCCCCCC(C)C. The molecule has 0 aliphatic carbocycles. The van der Waals surface area contributed by atoms with Crippen LogP contribution in [0.25, 0.3) is 0 Å². The van der Waals surface area contributed by atoms with Gasteiger partial charge in [0.1, 0.15) is 13.2 Å². The third-order valence-corrected chi connectivity index (χ3v) is 11.9. The minimum Gasteiger partial charge on any atom is -0.462 e. The molecule has 0 aromatic carbocycles. The van der Waals surface area contributed by atoms with Crippen molar-refractivity contribution in [2.75, 3.05) is 13.2 Å². The van der Waals surface area contributed by atoms with Crippen LogP contribution in [-0.4, -0.2) is 37.2 Å². The molecule has 59 heavy (non-hydrogen) atoms. The first kappa shape index (κ1) is 57.4. The highest BCUT2D eigenvalue weighted by Crippen LogP contribution is 2.18. The topological polar surface area (TPSA) is 78.9 Å². The average molecular weight is 835 g/mol. The minimum atomic E-state index is -0.763. The molecule has 350 valence electrons. The molecule has 0 radical (unpaired) electrons. The van der Waals surface area contributed by atoms with Crippen LogP contribution in [0, 0.1) is 17.8 Å². The largest absolute Gasteiger partial charge is 0.462 e. The highest BCUT2D eigenvalue weighted by Gasteiger charge is 2.19. The van der Waals surface area contributed by atoms with Gasteiger partial charge in [-0.2, -0.15) is 0 Å². The van der Waals surface area contributed by atoms with Crippen molar-refractivity contribution in [2.45, 2.75) is 292 Å². The Kier molecular flexibility index (Phi) is 43.3. The molecule has 0 N–H and O–H groups in total. The molecule has 0 unspecified atom stereocenters. The van der Waals surface area contributed by atoms with E-state index in [0.717, 1.165) is 75.5 Å². The van der Waals surface area contributed by atoms with E-state index >= 15 is 0 Å². The van der Waals surface area contributed by atoms with Gasteiger partial charge in [0.2, 0.25) is 0 Å². The van der Waals surface area contributed by atoms with Crippen molar-refractivity contribution in [2.24, 2.45) is 17.8 Å². The van der Waals surface area contributed by atoms with Crippen LogP contribution in [0.5, 0.6) is 0 Å². The first-order valence-electron chi connectivity index (χ1n) is 26.1. The summed E-state index contributed by atoms with van der Waals surface area (Å²) in [6.07, 6.45) is 43.9. The number of ether oxygens (including phenoxy) is 3. The van der Waals surface area contributed by atoms with Crippen molar-refractivity contribution < 1.29 is 28.6 Å². The highest BCUT2D eigenvalue weighted by molar-refractivity contribution is 5.71. The van der Waals surface area contributed by atoms with E-state index < -0.39 is 6.10 Å². The van der Waals surface area contributed by atoms with Crippen molar-refractivity contribution in [1.82, 2.24) is 0 Å². The normalized spacial score (nSPS) is 12.2. The Bertz CT molecular complexity index is 914. The summed E-state index contributed by atoms with van der Waals surface area (Å²) >= 11 is 0. The molecular formula is C53H102O6. The van der Waals surface area contributed by atoms with E-state index in [4.69, 9.17) is 14.2 Å². The van der Waals surface area contributed by atoms with Crippen LogP contribution in [-0.2, 0) is 28.6 Å². The lowest BCUT2D eigenvalue weighted by molar-refractivity contribution is -0.167. The summed E-state index contributed by atoms with van der Waals surface area (Å²) in [5.74, 6) is 1.58. The van der Waals surface area contributed by atoms with Crippen LogP contribution in [0.4, 0.5) is 0 Å². The van der Waals surface area contributed by atoms with Crippen molar-refractivity contribution in [3.8, 4) is 0 Å². The highest BCUT2D eigenvalue weighted by atomic mass is 16.6. The Morgan fingerprint density at radius 2 is 0.492 bits per heavy atom. The van der Waals surface area contributed by atoms with Crippen LogP contribution in [0.2, 0.25) is 0 Å². The Balaban J connectivity index is 4.26. The molecule has 0 aliphatic heterocycles. The van der Waals surface area contributed by atoms with Crippen LogP contribution in [0.15, 0.2) is 0 Å². The van der Waals surface area contributed by atoms with Crippen molar-refractivity contribution in [3.63, 3.8) is 0 Å². The number of hydrogen-bond acceptors (Lipinski definition) is 6. The van der Waals surface area contributed by atoms with E-state index in [2.05, 4.69) is 41.5 Å². The Morgan fingerprint density at radius 3 is 0.729 bits per heavy atom. The molecule has 0 rings (SSSR count). The van der Waals surface area contributed by atoms with Gasteiger partial charge in [-0.25, -0.2) is 0 Å². The molecule has 6 heteroatoms. The molecule has 0 saturated carbocycles. The van der Waals surface area contributed by atoms with Gasteiger partial charge in [-0.3, -0.25) is 14.4 Å². The predicted molar refractivity (Wildman–Crippen MR) is 252 cm³/mol. The van der Waals surface area contributed by atoms with Gasteiger partial charge in [-0.15, -0.1) is 0 Å². The van der Waals surface area contributed by atoms with Crippen LogP contribution in [0.3, 0.4) is 0 Å². The smallest absolute Gasteiger partial charge is 0.306 e. The summed E-state index contributed by atoms with van der Waals surface area (Å²) in [4.78, 5) is 37.9. The zero-order chi connectivity index (χ0) is 43.4. The van der Waals surface area contributed by atoms with E-state index in [1.54, 1.807) is 0 Å². The standard InChI is InChI=1S/C53H102O6/c1-47(2)39-33-27-21-17-13-9-7-8-10-15-19-23-30-36-42-51(54)57-45-50(46-58-52(55)43-37-31-26-25-29-35-41-49(5)6)59-53(56)44-38-32-24-20-16-12-11-14-18-22-28-34-40-48(3)4/h47-50H,7-46H2,1-6H3/t50-/m0/s1. The summed E-state index contributed by atoms with van der Waals surface area (Å²) in [7, 11) is 0. The molecule has 6 nitrogen and oxygen atoms in total. The Hall–Kier alpha value is -1.59. The van der Waals surface area contributed by atoms with Crippen LogP contribution in [0.1, 0.15) is 286 Å². The molecule has 0 amide bonds. The molecule has 0 heterocycles. The summed E-state index contributed by atoms with van der Waals surface area (Å²) in [6.45, 7) is 13.7. The maximum atomic E-state index is 12.8. The molecule has 0 fully saturated rings. The van der Waals surface area contributed by atoms with Gasteiger partial charge in [0, 0.05) is 19.3 Å². The van der Waals surface area contributed by atoms with Gasteiger partial charge < -0.3 is 14.2 Å². The number of carbonyl (C=O) groups excluding carboxylic acids is 3. The number of carbonyl (C=O) groups is 3. The molecule has 0 aromatic rings. The van der Waals surface area contributed by atoms with Gasteiger partial charge in [-0.1, -0.05) is 247 Å². The minimum absolute atomic E-state index is 0.0652. The second-order valence-corrected chi connectivity index (χ2v) is 19.6. The molecule has 0 aromatic heterocycles. The first-order valence-corrected chi connectivity index (χ1v) is 26.1. The zero-order valence-electron chi connectivity index (χ0n) is 40.5. The lowest BCUT2D eigenvalue weighted by Crippen LogP contribution is -2.30. The fourth-order valence-corrected chi connectivity index (χ4v) is 7.94. The number of hydrogen-bond donors (Lipinski definition) is 0. The molecule has 0 bridgehead atoms. The summed E-state index contributed by atoms with van der Waals surface area (Å²) in [5, 5.41) is 0. The van der Waals surface area contributed by atoms with Gasteiger partial charge in [0.05, 0.1) is 0 Å². The Labute approximate surface area is 368 Å². The monoisotopic (exact) mass is 835 g/mol. The van der Waals surface area contributed by atoms with E-state index in [0.29, 0.717) is 19.3 Å². The second kappa shape index (κ2) is 44.5. The predicted octanol–water partition coefficient (Wildman–Crippen LogP) is 16.8.